The van der Waals surface area contributed by atoms with Crippen LogP contribution in [0.2, 0.25) is 0 Å². The van der Waals surface area contributed by atoms with Crippen LogP contribution in [0.15, 0.2) is 48.7 Å². The number of nitriles is 1. The van der Waals surface area contributed by atoms with E-state index in [9.17, 15) is 10.1 Å². The molecule has 0 atom stereocenters. The predicted octanol–water partition coefficient (Wildman–Crippen LogP) is 2.45. The lowest BCUT2D eigenvalue weighted by atomic mass is 10.2. The van der Waals surface area contributed by atoms with Crippen LogP contribution in [0.1, 0.15) is 16.2 Å². The fourth-order valence-corrected chi connectivity index (χ4v) is 2.40. The van der Waals surface area contributed by atoms with Crippen LogP contribution in [-0.4, -0.2) is 40.8 Å². The average molecular weight is 391 g/mol. The van der Waals surface area contributed by atoms with E-state index in [2.05, 4.69) is 31.3 Å². The fraction of sp³-hybridized carbons (Fsp3) is 0.105. The number of tetrazole rings is 1. The van der Waals surface area contributed by atoms with Crippen molar-refractivity contribution in [3.05, 3.63) is 60.1 Å². The molecule has 1 aromatic heterocycles. The molecule has 1 amide bonds. The van der Waals surface area contributed by atoms with Crippen molar-refractivity contribution in [2.24, 2.45) is 0 Å². The molecule has 0 unspecified atom stereocenters. The molecule has 0 fully saturated rings. The van der Waals surface area contributed by atoms with Crippen molar-refractivity contribution < 1.29 is 14.3 Å². The second-order valence-corrected chi connectivity index (χ2v) is 5.65. The largest absolute Gasteiger partial charge is 0.497 e. The number of allylic oxidation sites excluding steroid dienone is 1. The lowest BCUT2D eigenvalue weighted by Gasteiger charge is -2.12. The summed E-state index contributed by atoms with van der Waals surface area (Å²) < 4.78 is 10.5. The monoisotopic (exact) mass is 391 g/mol. The molecule has 0 saturated carbocycles. The van der Waals surface area contributed by atoms with Gasteiger partial charge in [-0.25, -0.2) is 0 Å². The number of carbonyl (C=O) groups is 1. The van der Waals surface area contributed by atoms with E-state index in [1.54, 1.807) is 49.6 Å². The topological polar surface area (TPSA) is 138 Å². The SMILES string of the molecule is COc1ccc(C(=O)Nc2ccc(NC=C(C#N)c3nn[nH]n3)cc2OC)cc1. The molecular formula is C19H17N7O3. The highest BCUT2D eigenvalue weighted by Gasteiger charge is 2.11. The Morgan fingerprint density at radius 1 is 1.17 bits per heavy atom. The van der Waals surface area contributed by atoms with Gasteiger partial charge in [-0.1, -0.05) is 0 Å². The van der Waals surface area contributed by atoms with E-state index >= 15 is 0 Å². The first kappa shape index (κ1) is 19.4. The van der Waals surface area contributed by atoms with E-state index in [-0.39, 0.29) is 17.3 Å². The van der Waals surface area contributed by atoms with Crippen LogP contribution in [0, 0.1) is 11.3 Å². The molecule has 10 nitrogen and oxygen atoms in total. The second kappa shape index (κ2) is 9.01. The van der Waals surface area contributed by atoms with Crippen LogP contribution >= 0.6 is 0 Å². The summed E-state index contributed by atoms with van der Waals surface area (Å²) in [6.07, 6.45) is 1.45. The second-order valence-electron chi connectivity index (χ2n) is 5.65. The number of aromatic amines is 1. The Morgan fingerprint density at radius 2 is 1.97 bits per heavy atom. The van der Waals surface area contributed by atoms with Crippen molar-refractivity contribution in [3.63, 3.8) is 0 Å². The molecule has 10 heteroatoms. The Bertz CT molecular complexity index is 1050. The minimum Gasteiger partial charge on any atom is -0.497 e. The van der Waals surface area contributed by atoms with Gasteiger partial charge in [0, 0.05) is 23.5 Å². The molecule has 3 aromatic rings. The van der Waals surface area contributed by atoms with Gasteiger partial charge in [-0.2, -0.15) is 10.5 Å². The Labute approximate surface area is 166 Å². The van der Waals surface area contributed by atoms with Gasteiger partial charge in [0.2, 0.25) is 5.82 Å². The maximum Gasteiger partial charge on any atom is 0.255 e. The van der Waals surface area contributed by atoms with Crippen molar-refractivity contribution in [2.45, 2.75) is 0 Å². The van der Waals surface area contributed by atoms with Crippen LogP contribution in [0.25, 0.3) is 5.57 Å². The molecule has 0 aliphatic carbocycles. The molecule has 0 aliphatic rings. The third-order valence-corrected chi connectivity index (χ3v) is 3.89. The quantitative estimate of drug-likeness (QED) is 0.522. The number of nitrogens with zero attached hydrogens (tertiary/aromatic N) is 4. The number of methoxy groups -OCH3 is 2. The van der Waals surface area contributed by atoms with Crippen molar-refractivity contribution in [2.75, 3.05) is 24.9 Å². The number of hydrogen-bond acceptors (Lipinski definition) is 8. The zero-order chi connectivity index (χ0) is 20.6. The summed E-state index contributed by atoms with van der Waals surface area (Å²) in [6.45, 7) is 0. The summed E-state index contributed by atoms with van der Waals surface area (Å²) in [5.74, 6) is 1.01. The zero-order valence-corrected chi connectivity index (χ0v) is 15.6. The van der Waals surface area contributed by atoms with Gasteiger partial charge in [0.25, 0.3) is 5.91 Å². The number of amides is 1. The van der Waals surface area contributed by atoms with E-state index in [4.69, 9.17) is 9.47 Å². The first-order valence-electron chi connectivity index (χ1n) is 8.38. The normalized spacial score (nSPS) is 10.7. The molecule has 0 radical (unpaired) electrons. The van der Waals surface area contributed by atoms with Gasteiger partial charge in [-0.15, -0.1) is 10.2 Å². The molecule has 3 N–H and O–H groups in total. The lowest BCUT2D eigenvalue weighted by Crippen LogP contribution is -2.12. The van der Waals surface area contributed by atoms with Gasteiger partial charge in [0.05, 0.1) is 19.9 Å². The highest BCUT2D eigenvalue weighted by Crippen LogP contribution is 2.29. The maximum atomic E-state index is 12.5. The summed E-state index contributed by atoms with van der Waals surface area (Å²) in [4.78, 5) is 12.5. The van der Waals surface area contributed by atoms with E-state index in [0.29, 0.717) is 28.4 Å². The molecule has 146 valence electrons. The Hall–Kier alpha value is -4.39. The zero-order valence-electron chi connectivity index (χ0n) is 15.6. The van der Waals surface area contributed by atoms with Gasteiger partial charge in [0.1, 0.15) is 23.1 Å². The van der Waals surface area contributed by atoms with E-state index in [0.717, 1.165) is 0 Å². The van der Waals surface area contributed by atoms with Crippen molar-refractivity contribution in [3.8, 4) is 17.6 Å². The highest BCUT2D eigenvalue weighted by molar-refractivity contribution is 6.05. The summed E-state index contributed by atoms with van der Waals surface area (Å²) in [5.41, 5.74) is 1.83. The minimum atomic E-state index is -0.282. The number of aromatic nitrogens is 4. The minimum absolute atomic E-state index is 0.176. The first-order chi connectivity index (χ1) is 14.1. The molecule has 0 aliphatic heterocycles. The fourth-order valence-electron chi connectivity index (χ4n) is 2.40. The molecule has 2 aromatic carbocycles. The maximum absolute atomic E-state index is 12.5. The molecular weight excluding hydrogens is 374 g/mol. The van der Waals surface area contributed by atoms with Crippen LogP contribution in [-0.2, 0) is 0 Å². The highest BCUT2D eigenvalue weighted by atomic mass is 16.5. The third kappa shape index (κ3) is 4.67. The van der Waals surface area contributed by atoms with Gasteiger partial charge in [0.15, 0.2) is 0 Å². The number of rotatable bonds is 7. The smallest absolute Gasteiger partial charge is 0.255 e. The lowest BCUT2D eigenvalue weighted by molar-refractivity contribution is 0.102. The number of benzene rings is 2. The van der Waals surface area contributed by atoms with Crippen molar-refractivity contribution in [1.29, 1.82) is 5.26 Å². The predicted molar refractivity (Wildman–Crippen MR) is 105 cm³/mol. The van der Waals surface area contributed by atoms with Gasteiger partial charge in [-0.3, -0.25) is 4.79 Å². The summed E-state index contributed by atoms with van der Waals surface area (Å²) in [7, 11) is 3.06. The Balaban J connectivity index is 1.74. The molecule has 3 rings (SSSR count). The number of carbonyl (C=O) groups excluding carboxylic acids is 1. The summed E-state index contributed by atoms with van der Waals surface area (Å²) >= 11 is 0. The Kier molecular flexibility index (Phi) is 6.02. The number of ether oxygens (including phenoxy) is 2. The van der Waals surface area contributed by atoms with Gasteiger partial charge in [-0.05, 0) is 41.6 Å². The van der Waals surface area contributed by atoms with Crippen LogP contribution < -0.4 is 20.1 Å². The summed E-state index contributed by atoms with van der Waals surface area (Å²) in [5, 5.41) is 28.2. The number of hydrogen-bond donors (Lipinski definition) is 3. The standard InChI is InChI=1S/C19H17N7O3/c1-28-15-6-3-12(4-7-15)19(27)22-16-8-5-14(9-17(16)29-2)21-11-13(10-20)18-23-25-26-24-18/h3-9,11,21H,1-2H3,(H,22,27)(H,23,24,25,26). The molecule has 1 heterocycles. The van der Waals surface area contributed by atoms with Gasteiger partial charge < -0.3 is 20.1 Å². The average Bonchev–Trinajstić information content (AvgIpc) is 3.29. The van der Waals surface area contributed by atoms with Gasteiger partial charge >= 0.3 is 0 Å². The van der Waals surface area contributed by atoms with Crippen molar-refractivity contribution >= 4 is 22.9 Å². The van der Waals surface area contributed by atoms with E-state index < -0.39 is 0 Å². The first-order valence-corrected chi connectivity index (χ1v) is 8.38. The van der Waals surface area contributed by atoms with Crippen LogP contribution in [0.3, 0.4) is 0 Å². The molecule has 29 heavy (non-hydrogen) atoms. The van der Waals surface area contributed by atoms with E-state index in [1.165, 1.54) is 13.3 Å². The number of H-pyrrole nitrogens is 1. The third-order valence-electron chi connectivity index (χ3n) is 3.89. The molecule has 0 spiro atoms. The Morgan fingerprint density at radius 3 is 2.59 bits per heavy atom. The number of nitrogens with one attached hydrogen (secondary N) is 3. The molecule has 0 bridgehead atoms. The molecule has 0 saturated heterocycles. The van der Waals surface area contributed by atoms with Crippen LogP contribution in [0.4, 0.5) is 11.4 Å². The van der Waals surface area contributed by atoms with E-state index in [1.807, 2.05) is 6.07 Å². The van der Waals surface area contributed by atoms with Crippen LogP contribution in [0.5, 0.6) is 11.5 Å². The number of anilines is 2. The summed E-state index contributed by atoms with van der Waals surface area (Å²) in [6, 6.07) is 13.9. The van der Waals surface area contributed by atoms with Crippen molar-refractivity contribution in [1.82, 2.24) is 20.6 Å².